The zero-order chi connectivity index (χ0) is 15.2. The maximum absolute atomic E-state index is 5.39. The van der Waals surface area contributed by atoms with Gasteiger partial charge in [0.1, 0.15) is 0 Å². The van der Waals surface area contributed by atoms with Gasteiger partial charge in [0.15, 0.2) is 5.11 Å². The maximum atomic E-state index is 5.39. The first-order chi connectivity index (χ1) is 10.1. The lowest BCUT2D eigenvalue weighted by Crippen LogP contribution is -2.31. The molecule has 2 nitrogen and oxygen atoms in total. The van der Waals surface area contributed by atoms with Gasteiger partial charge in [-0.05, 0) is 61.3 Å². The lowest BCUT2D eigenvalue weighted by Gasteiger charge is -2.19. The molecule has 2 aromatic carbocycles. The SMILES string of the molecule is CCc1ccc(NC(=S)N[C@H](C)c2ccccc2C)cc1. The molecule has 0 heterocycles. The molecule has 0 aliphatic heterocycles. The van der Waals surface area contributed by atoms with Crippen molar-refractivity contribution in [2.75, 3.05) is 5.32 Å². The summed E-state index contributed by atoms with van der Waals surface area (Å²) in [4.78, 5) is 0. The van der Waals surface area contributed by atoms with Crippen molar-refractivity contribution in [1.29, 1.82) is 0 Å². The van der Waals surface area contributed by atoms with E-state index in [1.165, 1.54) is 16.7 Å². The molecular weight excluding hydrogens is 276 g/mol. The highest BCUT2D eigenvalue weighted by atomic mass is 32.1. The van der Waals surface area contributed by atoms with Crippen LogP contribution in [0.5, 0.6) is 0 Å². The van der Waals surface area contributed by atoms with Crippen molar-refractivity contribution in [3.05, 3.63) is 65.2 Å². The molecule has 0 aliphatic carbocycles. The minimum absolute atomic E-state index is 0.182. The van der Waals surface area contributed by atoms with Crippen molar-refractivity contribution in [3.63, 3.8) is 0 Å². The molecule has 0 aromatic heterocycles. The van der Waals surface area contributed by atoms with Crippen LogP contribution in [-0.4, -0.2) is 5.11 Å². The number of benzene rings is 2. The van der Waals surface area contributed by atoms with E-state index >= 15 is 0 Å². The number of nitrogens with one attached hydrogen (secondary N) is 2. The van der Waals surface area contributed by atoms with Gasteiger partial charge in [0.25, 0.3) is 0 Å². The molecule has 1 atom stereocenters. The maximum Gasteiger partial charge on any atom is 0.171 e. The van der Waals surface area contributed by atoms with Gasteiger partial charge in [-0.3, -0.25) is 0 Å². The van der Waals surface area contributed by atoms with Crippen molar-refractivity contribution in [1.82, 2.24) is 5.32 Å². The van der Waals surface area contributed by atoms with E-state index in [0.717, 1.165) is 12.1 Å². The third kappa shape index (κ3) is 4.30. The summed E-state index contributed by atoms with van der Waals surface area (Å²) in [7, 11) is 0. The Morgan fingerprint density at radius 1 is 1.10 bits per heavy atom. The largest absolute Gasteiger partial charge is 0.356 e. The number of rotatable bonds is 4. The van der Waals surface area contributed by atoms with Crippen LogP contribution in [0.25, 0.3) is 0 Å². The quantitative estimate of drug-likeness (QED) is 0.806. The van der Waals surface area contributed by atoms with Gasteiger partial charge in [-0.1, -0.05) is 43.3 Å². The Hall–Kier alpha value is -1.87. The lowest BCUT2D eigenvalue weighted by molar-refractivity contribution is 0.717. The molecule has 0 saturated carbocycles. The van der Waals surface area contributed by atoms with E-state index in [2.05, 4.69) is 79.9 Å². The molecule has 0 radical (unpaired) electrons. The van der Waals surface area contributed by atoms with Gasteiger partial charge in [-0.15, -0.1) is 0 Å². The van der Waals surface area contributed by atoms with Crippen molar-refractivity contribution in [2.45, 2.75) is 33.2 Å². The molecule has 0 bridgehead atoms. The molecule has 0 spiro atoms. The zero-order valence-electron chi connectivity index (χ0n) is 12.8. The molecule has 21 heavy (non-hydrogen) atoms. The minimum atomic E-state index is 0.182. The smallest absolute Gasteiger partial charge is 0.171 e. The monoisotopic (exact) mass is 298 g/mol. The highest BCUT2D eigenvalue weighted by Gasteiger charge is 2.09. The normalized spacial score (nSPS) is 11.8. The highest BCUT2D eigenvalue weighted by molar-refractivity contribution is 7.80. The predicted octanol–water partition coefficient (Wildman–Crippen LogP) is 4.61. The van der Waals surface area contributed by atoms with E-state index in [1.807, 2.05) is 0 Å². The summed E-state index contributed by atoms with van der Waals surface area (Å²) in [6.07, 6.45) is 1.05. The number of aryl methyl sites for hydroxylation is 2. The van der Waals surface area contributed by atoms with Gasteiger partial charge in [-0.25, -0.2) is 0 Å². The third-order valence-electron chi connectivity index (χ3n) is 3.62. The molecule has 0 fully saturated rings. The summed E-state index contributed by atoms with van der Waals surface area (Å²) in [6.45, 7) is 6.39. The Morgan fingerprint density at radius 3 is 2.38 bits per heavy atom. The molecule has 0 unspecified atom stereocenters. The Bertz CT molecular complexity index is 605. The predicted molar refractivity (Wildman–Crippen MR) is 94.8 cm³/mol. The molecule has 2 aromatic rings. The molecule has 0 aliphatic rings. The number of anilines is 1. The summed E-state index contributed by atoms with van der Waals surface area (Å²) in [5.41, 5.74) is 4.88. The van der Waals surface area contributed by atoms with Crippen LogP contribution in [0, 0.1) is 6.92 Å². The first-order valence-electron chi connectivity index (χ1n) is 7.32. The van der Waals surface area contributed by atoms with Crippen LogP contribution in [0.4, 0.5) is 5.69 Å². The second-order valence-electron chi connectivity index (χ2n) is 5.23. The first kappa shape index (κ1) is 15.5. The number of thiocarbonyl (C=S) groups is 1. The standard InChI is InChI=1S/C18H22N2S/c1-4-15-9-11-16(12-10-15)20-18(21)19-14(3)17-8-6-5-7-13(17)2/h5-12,14H,4H2,1-3H3,(H2,19,20,21)/t14-/m1/s1. The fourth-order valence-electron chi connectivity index (χ4n) is 2.34. The molecule has 2 N–H and O–H groups in total. The van der Waals surface area contributed by atoms with Crippen LogP contribution in [-0.2, 0) is 6.42 Å². The molecular formula is C18H22N2S. The van der Waals surface area contributed by atoms with E-state index in [4.69, 9.17) is 12.2 Å². The second kappa shape index (κ2) is 7.23. The summed E-state index contributed by atoms with van der Waals surface area (Å²) in [5.74, 6) is 0. The van der Waals surface area contributed by atoms with Gasteiger partial charge in [0.05, 0.1) is 6.04 Å². The van der Waals surface area contributed by atoms with Crippen LogP contribution in [0.2, 0.25) is 0 Å². The highest BCUT2D eigenvalue weighted by Crippen LogP contribution is 2.17. The average Bonchev–Trinajstić information content (AvgIpc) is 2.48. The van der Waals surface area contributed by atoms with Crippen LogP contribution in [0.3, 0.4) is 0 Å². The lowest BCUT2D eigenvalue weighted by atomic mass is 10.0. The molecule has 2 rings (SSSR count). The van der Waals surface area contributed by atoms with E-state index in [9.17, 15) is 0 Å². The average molecular weight is 298 g/mol. The Balaban J connectivity index is 1.96. The molecule has 0 saturated heterocycles. The van der Waals surface area contributed by atoms with Gasteiger partial charge < -0.3 is 10.6 Å². The van der Waals surface area contributed by atoms with Gasteiger partial charge >= 0.3 is 0 Å². The fraction of sp³-hybridized carbons (Fsp3) is 0.278. The van der Waals surface area contributed by atoms with E-state index < -0.39 is 0 Å². The number of hydrogen-bond acceptors (Lipinski definition) is 1. The third-order valence-corrected chi connectivity index (χ3v) is 3.84. The van der Waals surface area contributed by atoms with Crippen LogP contribution < -0.4 is 10.6 Å². The van der Waals surface area contributed by atoms with Crippen LogP contribution in [0.15, 0.2) is 48.5 Å². The summed E-state index contributed by atoms with van der Waals surface area (Å²) in [6, 6.07) is 16.9. The second-order valence-corrected chi connectivity index (χ2v) is 5.64. The Morgan fingerprint density at radius 2 is 1.76 bits per heavy atom. The molecule has 3 heteroatoms. The van der Waals surface area contributed by atoms with Crippen molar-refractivity contribution in [3.8, 4) is 0 Å². The van der Waals surface area contributed by atoms with E-state index in [0.29, 0.717) is 5.11 Å². The molecule has 110 valence electrons. The van der Waals surface area contributed by atoms with Gasteiger partial charge in [0.2, 0.25) is 0 Å². The fourth-order valence-corrected chi connectivity index (χ4v) is 2.63. The zero-order valence-corrected chi connectivity index (χ0v) is 13.6. The van der Waals surface area contributed by atoms with Gasteiger partial charge in [0, 0.05) is 5.69 Å². The molecule has 0 amide bonds. The number of hydrogen-bond donors (Lipinski definition) is 2. The summed E-state index contributed by atoms with van der Waals surface area (Å²) in [5, 5.41) is 7.22. The summed E-state index contributed by atoms with van der Waals surface area (Å²) < 4.78 is 0. The minimum Gasteiger partial charge on any atom is -0.356 e. The Kier molecular flexibility index (Phi) is 5.34. The van der Waals surface area contributed by atoms with E-state index in [-0.39, 0.29) is 6.04 Å². The van der Waals surface area contributed by atoms with Crippen LogP contribution >= 0.6 is 12.2 Å². The summed E-state index contributed by atoms with van der Waals surface area (Å²) >= 11 is 5.39. The first-order valence-corrected chi connectivity index (χ1v) is 7.73. The van der Waals surface area contributed by atoms with Crippen molar-refractivity contribution in [2.24, 2.45) is 0 Å². The Labute approximate surface area is 132 Å². The van der Waals surface area contributed by atoms with Crippen molar-refractivity contribution >= 4 is 23.0 Å². The topological polar surface area (TPSA) is 24.1 Å². The van der Waals surface area contributed by atoms with Crippen LogP contribution in [0.1, 0.15) is 36.6 Å². The van der Waals surface area contributed by atoms with Crippen molar-refractivity contribution < 1.29 is 0 Å². The van der Waals surface area contributed by atoms with Gasteiger partial charge in [-0.2, -0.15) is 0 Å². The van der Waals surface area contributed by atoms with E-state index in [1.54, 1.807) is 0 Å².